The van der Waals surface area contributed by atoms with Crippen LogP contribution in [0.3, 0.4) is 0 Å². The van der Waals surface area contributed by atoms with E-state index >= 15 is 0 Å². The van der Waals surface area contributed by atoms with E-state index in [1.54, 1.807) is 24.3 Å². The smallest absolute Gasteiger partial charge is 0.243 e. The second-order valence-corrected chi connectivity index (χ2v) is 9.69. The number of hydrogen-bond acceptors (Lipinski definition) is 7. The van der Waals surface area contributed by atoms with Crippen LogP contribution in [0.2, 0.25) is 0 Å². The molecule has 2 heterocycles. The molecule has 0 unspecified atom stereocenters. The normalized spacial score (nSPS) is 14.9. The van der Waals surface area contributed by atoms with Gasteiger partial charge in [0.05, 0.1) is 12.0 Å². The molecule has 0 bridgehead atoms. The highest BCUT2D eigenvalue weighted by atomic mass is 32.2. The van der Waals surface area contributed by atoms with Crippen molar-refractivity contribution in [2.75, 3.05) is 43.5 Å². The van der Waals surface area contributed by atoms with E-state index in [0.717, 1.165) is 11.4 Å². The quantitative estimate of drug-likeness (QED) is 0.612. The highest BCUT2D eigenvalue weighted by molar-refractivity contribution is 7.89. The van der Waals surface area contributed by atoms with Gasteiger partial charge in [-0.1, -0.05) is 23.8 Å². The molecule has 2 aromatic carbocycles. The maximum atomic E-state index is 13.0. The van der Waals surface area contributed by atoms with Crippen LogP contribution in [0.15, 0.2) is 59.5 Å². The van der Waals surface area contributed by atoms with E-state index in [-0.39, 0.29) is 4.90 Å². The molecule has 0 radical (unpaired) electrons. The molecule has 9 heteroatoms. The molecule has 1 fully saturated rings. The van der Waals surface area contributed by atoms with Crippen LogP contribution in [0.4, 0.5) is 17.5 Å². The summed E-state index contributed by atoms with van der Waals surface area (Å²) in [6.45, 7) is 5.71. The van der Waals surface area contributed by atoms with Crippen molar-refractivity contribution in [1.29, 1.82) is 0 Å². The maximum Gasteiger partial charge on any atom is 0.243 e. The van der Waals surface area contributed by atoms with Crippen molar-refractivity contribution in [1.82, 2.24) is 14.3 Å². The largest absolute Gasteiger partial charge is 0.497 e. The molecule has 0 aliphatic carbocycles. The molecular formula is C23H27N5O3S. The van der Waals surface area contributed by atoms with Gasteiger partial charge in [0.25, 0.3) is 0 Å². The molecule has 3 aromatic rings. The fraction of sp³-hybridized carbons (Fsp3) is 0.304. The zero-order chi connectivity index (χ0) is 22.7. The molecule has 1 aromatic heterocycles. The fourth-order valence-electron chi connectivity index (χ4n) is 3.58. The van der Waals surface area contributed by atoms with Gasteiger partial charge in [-0.15, -0.1) is 0 Å². The van der Waals surface area contributed by atoms with Gasteiger partial charge in [-0.25, -0.2) is 13.4 Å². The molecule has 0 amide bonds. The third-order valence-corrected chi connectivity index (χ3v) is 7.26. The number of benzene rings is 2. The second-order valence-electron chi connectivity index (χ2n) is 7.76. The summed E-state index contributed by atoms with van der Waals surface area (Å²) in [5.41, 5.74) is 2.99. The van der Waals surface area contributed by atoms with Crippen molar-refractivity contribution < 1.29 is 13.2 Å². The van der Waals surface area contributed by atoms with Gasteiger partial charge in [-0.2, -0.15) is 9.29 Å². The molecule has 0 spiro atoms. The Kier molecular flexibility index (Phi) is 6.29. The number of aromatic nitrogens is 2. The SMILES string of the molecule is COc1cccc(S(=O)(=O)N2CCN(c3nc(C)cc(Nc4ccc(C)cc4)n3)CC2)c1. The van der Waals surface area contributed by atoms with Crippen LogP contribution in [-0.2, 0) is 10.0 Å². The Morgan fingerprint density at radius 1 is 0.938 bits per heavy atom. The molecule has 1 N–H and O–H groups in total. The maximum absolute atomic E-state index is 13.0. The number of anilines is 3. The van der Waals surface area contributed by atoms with Crippen LogP contribution in [-0.4, -0.2) is 56.0 Å². The molecule has 1 saturated heterocycles. The van der Waals surface area contributed by atoms with Crippen molar-refractivity contribution in [2.24, 2.45) is 0 Å². The Morgan fingerprint density at radius 2 is 1.66 bits per heavy atom. The van der Waals surface area contributed by atoms with E-state index < -0.39 is 10.0 Å². The van der Waals surface area contributed by atoms with Crippen LogP contribution in [0.5, 0.6) is 5.75 Å². The highest BCUT2D eigenvalue weighted by Crippen LogP contribution is 2.24. The molecule has 168 valence electrons. The molecule has 1 aliphatic rings. The zero-order valence-electron chi connectivity index (χ0n) is 18.4. The van der Waals surface area contributed by atoms with E-state index in [1.807, 2.05) is 49.1 Å². The summed E-state index contributed by atoms with van der Waals surface area (Å²) in [4.78, 5) is 11.5. The summed E-state index contributed by atoms with van der Waals surface area (Å²) >= 11 is 0. The predicted octanol–water partition coefficient (Wildman–Crippen LogP) is 3.36. The monoisotopic (exact) mass is 453 g/mol. The zero-order valence-corrected chi connectivity index (χ0v) is 19.3. The Morgan fingerprint density at radius 3 is 2.34 bits per heavy atom. The van der Waals surface area contributed by atoms with Gasteiger partial charge in [-0.3, -0.25) is 0 Å². The average Bonchev–Trinajstić information content (AvgIpc) is 2.80. The van der Waals surface area contributed by atoms with Gasteiger partial charge >= 0.3 is 0 Å². The number of piperazine rings is 1. The van der Waals surface area contributed by atoms with Crippen molar-refractivity contribution in [3.8, 4) is 5.75 Å². The summed E-state index contributed by atoms with van der Waals surface area (Å²) in [7, 11) is -2.07. The third-order valence-electron chi connectivity index (χ3n) is 5.37. The Bertz CT molecular complexity index is 1190. The van der Waals surface area contributed by atoms with Gasteiger partial charge in [0, 0.05) is 49.7 Å². The topological polar surface area (TPSA) is 87.7 Å². The molecule has 0 atom stereocenters. The van der Waals surface area contributed by atoms with Crippen molar-refractivity contribution in [2.45, 2.75) is 18.7 Å². The van der Waals surface area contributed by atoms with Crippen molar-refractivity contribution in [3.63, 3.8) is 0 Å². The minimum Gasteiger partial charge on any atom is -0.497 e. The van der Waals surface area contributed by atoms with E-state index in [4.69, 9.17) is 4.74 Å². The standard InChI is InChI=1S/C23H27N5O3S/c1-17-7-9-19(10-8-17)25-22-15-18(2)24-23(26-22)27-11-13-28(14-12-27)32(29,30)21-6-4-5-20(16-21)31-3/h4-10,15-16H,11-14H2,1-3H3,(H,24,25,26). The molecule has 32 heavy (non-hydrogen) atoms. The Balaban J connectivity index is 1.47. The fourth-order valence-corrected chi connectivity index (χ4v) is 5.04. The number of aryl methyl sites for hydroxylation is 2. The van der Waals surface area contributed by atoms with Gasteiger partial charge in [0.1, 0.15) is 11.6 Å². The Hall–Kier alpha value is -3.17. The first-order valence-corrected chi connectivity index (χ1v) is 11.9. The summed E-state index contributed by atoms with van der Waals surface area (Å²) in [5, 5.41) is 3.32. The van der Waals surface area contributed by atoms with E-state index in [2.05, 4.69) is 15.3 Å². The number of ether oxygens (including phenoxy) is 1. The number of hydrogen-bond donors (Lipinski definition) is 1. The van der Waals surface area contributed by atoms with Gasteiger partial charge in [0.2, 0.25) is 16.0 Å². The summed E-state index contributed by atoms with van der Waals surface area (Å²) in [5.74, 6) is 1.83. The minimum atomic E-state index is -3.59. The second kappa shape index (κ2) is 9.13. The molecular weight excluding hydrogens is 426 g/mol. The first kappa shape index (κ1) is 22.0. The van der Waals surface area contributed by atoms with Gasteiger partial charge in [-0.05, 0) is 38.1 Å². The lowest BCUT2D eigenvalue weighted by Crippen LogP contribution is -2.49. The first-order chi connectivity index (χ1) is 15.3. The van der Waals surface area contributed by atoms with E-state index in [1.165, 1.54) is 17.0 Å². The number of sulfonamides is 1. The van der Waals surface area contributed by atoms with Crippen LogP contribution >= 0.6 is 0 Å². The summed E-state index contributed by atoms with van der Waals surface area (Å²) < 4.78 is 32.8. The number of nitrogens with zero attached hydrogens (tertiary/aromatic N) is 4. The van der Waals surface area contributed by atoms with Crippen LogP contribution in [0.25, 0.3) is 0 Å². The molecule has 1 aliphatic heterocycles. The van der Waals surface area contributed by atoms with Crippen LogP contribution in [0.1, 0.15) is 11.3 Å². The third kappa shape index (κ3) is 4.84. The summed E-state index contributed by atoms with van der Waals surface area (Å²) in [6.07, 6.45) is 0. The van der Waals surface area contributed by atoms with Gasteiger partial charge < -0.3 is 15.0 Å². The molecule has 4 rings (SSSR count). The highest BCUT2D eigenvalue weighted by Gasteiger charge is 2.29. The predicted molar refractivity (Wildman–Crippen MR) is 125 cm³/mol. The number of nitrogens with one attached hydrogen (secondary N) is 1. The molecule has 0 saturated carbocycles. The lowest BCUT2D eigenvalue weighted by atomic mass is 10.2. The number of rotatable bonds is 6. The van der Waals surface area contributed by atoms with Crippen molar-refractivity contribution in [3.05, 3.63) is 65.9 Å². The van der Waals surface area contributed by atoms with Crippen molar-refractivity contribution >= 4 is 27.5 Å². The number of methoxy groups -OCH3 is 1. The first-order valence-electron chi connectivity index (χ1n) is 10.4. The van der Waals surface area contributed by atoms with Crippen LogP contribution < -0.4 is 15.0 Å². The Labute approximate surface area is 188 Å². The van der Waals surface area contributed by atoms with Gasteiger partial charge in [0.15, 0.2) is 0 Å². The lowest BCUT2D eigenvalue weighted by Gasteiger charge is -2.34. The van der Waals surface area contributed by atoms with Crippen LogP contribution in [0, 0.1) is 13.8 Å². The molecule has 8 nitrogen and oxygen atoms in total. The summed E-state index contributed by atoms with van der Waals surface area (Å²) in [6, 6.07) is 16.6. The van der Waals surface area contributed by atoms with E-state index in [0.29, 0.717) is 43.7 Å². The van der Waals surface area contributed by atoms with E-state index in [9.17, 15) is 8.42 Å². The minimum absolute atomic E-state index is 0.238. The average molecular weight is 454 g/mol. The lowest BCUT2D eigenvalue weighted by molar-refractivity contribution is 0.381.